The topological polar surface area (TPSA) is 48.7 Å². The highest BCUT2D eigenvalue weighted by Crippen LogP contribution is 2.31. The van der Waals surface area contributed by atoms with E-state index in [0.717, 1.165) is 32.6 Å². The molecule has 0 aromatic carbocycles. The van der Waals surface area contributed by atoms with Crippen LogP contribution < -0.4 is 5.32 Å². The molecule has 2 saturated heterocycles. The van der Waals surface area contributed by atoms with Crippen molar-refractivity contribution in [1.82, 2.24) is 24.9 Å². The maximum Gasteiger partial charge on any atom is 0.435 e. The van der Waals surface area contributed by atoms with E-state index in [9.17, 15) is 13.2 Å². The number of aliphatic imine (C=N–C) groups is 1. The Morgan fingerprint density at radius 3 is 2.63 bits per heavy atom. The molecule has 1 unspecified atom stereocenters. The number of rotatable bonds is 4. The van der Waals surface area contributed by atoms with Gasteiger partial charge in [-0.2, -0.15) is 18.3 Å². The van der Waals surface area contributed by atoms with E-state index >= 15 is 0 Å². The number of hydrogen-bond acceptors (Lipinski definition) is 3. The van der Waals surface area contributed by atoms with Crippen LogP contribution in [0.3, 0.4) is 0 Å². The van der Waals surface area contributed by atoms with Crippen LogP contribution in [0, 0.1) is 0 Å². The van der Waals surface area contributed by atoms with Gasteiger partial charge in [-0.1, -0.05) is 0 Å². The van der Waals surface area contributed by atoms with E-state index in [1.165, 1.54) is 30.8 Å². The molecule has 0 spiro atoms. The molecule has 10 heteroatoms. The molecule has 154 valence electrons. The third-order valence-corrected chi connectivity index (χ3v) is 5.03. The first-order valence-electron chi connectivity index (χ1n) is 9.25. The van der Waals surface area contributed by atoms with Crippen molar-refractivity contribution in [1.29, 1.82) is 0 Å². The van der Waals surface area contributed by atoms with Crippen molar-refractivity contribution < 1.29 is 13.2 Å². The average Bonchev–Trinajstić information content (AvgIpc) is 3.30. The lowest BCUT2D eigenvalue weighted by Gasteiger charge is -2.25. The average molecular weight is 500 g/mol. The lowest BCUT2D eigenvalue weighted by molar-refractivity contribution is -0.142. The van der Waals surface area contributed by atoms with Crippen molar-refractivity contribution in [2.45, 2.75) is 44.9 Å². The van der Waals surface area contributed by atoms with Gasteiger partial charge < -0.3 is 10.2 Å². The van der Waals surface area contributed by atoms with Crippen LogP contribution in [0.1, 0.15) is 37.4 Å². The molecular weight excluding hydrogens is 472 g/mol. The Bertz CT molecular complexity index is 639. The summed E-state index contributed by atoms with van der Waals surface area (Å²) in [7, 11) is 1.49. The number of nitrogens with one attached hydrogen (secondary N) is 1. The van der Waals surface area contributed by atoms with Gasteiger partial charge in [0.05, 0.1) is 6.54 Å². The minimum atomic E-state index is -4.46. The number of hydrogen-bond donors (Lipinski definition) is 1. The van der Waals surface area contributed by atoms with Gasteiger partial charge in [0.2, 0.25) is 0 Å². The van der Waals surface area contributed by atoms with Gasteiger partial charge in [-0.15, -0.1) is 24.0 Å². The van der Waals surface area contributed by atoms with Gasteiger partial charge in [0.25, 0.3) is 0 Å². The molecule has 0 aliphatic carbocycles. The summed E-state index contributed by atoms with van der Waals surface area (Å²) in [6.07, 6.45) is 0.523. The van der Waals surface area contributed by atoms with Crippen LogP contribution in [0.4, 0.5) is 13.2 Å². The molecule has 1 aromatic heterocycles. The summed E-state index contributed by atoms with van der Waals surface area (Å²) in [6, 6.07) is 0.519. The van der Waals surface area contributed by atoms with Gasteiger partial charge in [-0.25, -0.2) is 4.99 Å². The van der Waals surface area contributed by atoms with Gasteiger partial charge in [0.15, 0.2) is 11.7 Å². The third kappa shape index (κ3) is 5.49. The molecule has 0 saturated carbocycles. The van der Waals surface area contributed by atoms with Crippen LogP contribution in [0.5, 0.6) is 0 Å². The van der Waals surface area contributed by atoms with Crippen molar-refractivity contribution in [3.05, 3.63) is 17.5 Å². The van der Waals surface area contributed by atoms with Crippen LogP contribution in [0.15, 0.2) is 11.2 Å². The highest BCUT2D eigenvalue weighted by atomic mass is 127. The van der Waals surface area contributed by atoms with E-state index in [1.54, 1.807) is 0 Å². The fourth-order valence-corrected chi connectivity index (χ4v) is 3.82. The zero-order chi connectivity index (χ0) is 18.7. The lowest BCUT2D eigenvalue weighted by atomic mass is 10.2. The van der Waals surface area contributed by atoms with Gasteiger partial charge in [0, 0.05) is 44.5 Å². The van der Waals surface area contributed by atoms with Gasteiger partial charge in [-0.3, -0.25) is 9.58 Å². The molecule has 1 aromatic rings. The lowest BCUT2D eigenvalue weighted by Crippen LogP contribution is -2.42. The first-order valence-corrected chi connectivity index (χ1v) is 9.25. The van der Waals surface area contributed by atoms with Crippen molar-refractivity contribution in [2.75, 3.05) is 32.7 Å². The van der Waals surface area contributed by atoms with Crippen LogP contribution in [0.25, 0.3) is 0 Å². The summed E-state index contributed by atoms with van der Waals surface area (Å²) in [5.41, 5.74) is -0.748. The quantitative estimate of drug-likeness (QED) is 0.393. The first kappa shape index (κ1) is 22.3. The Morgan fingerprint density at radius 2 is 2.00 bits per heavy atom. The number of alkyl halides is 3. The Hall–Kier alpha value is -1.04. The molecule has 6 nitrogen and oxygen atoms in total. The highest BCUT2D eigenvalue weighted by Gasteiger charge is 2.37. The van der Waals surface area contributed by atoms with Crippen LogP contribution in [-0.2, 0) is 19.8 Å². The summed E-state index contributed by atoms with van der Waals surface area (Å²) in [4.78, 5) is 9.16. The number of halogens is 4. The Balaban J connectivity index is 0.00000261. The van der Waals surface area contributed by atoms with Gasteiger partial charge >= 0.3 is 6.18 Å². The fraction of sp³-hybridized carbons (Fsp3) is 0.765. The molecular formula is C17H28F3IN6. The van der Waals surface area contributed by atoms with Gasteiger partial charge in [-0.05, 0) is 39.3 Å². The van der Waals surface area contributed by atoms with Crippen molar-refractivity contribution in [3.63, 3.8) is 0 Å². The molecule has 0 radical (unpaired) electrons. The fourth-order valence-electron chi connectivity index (χ4n) is 3.82. The largest absolute Gasteiger partial charge is 0.435 e. The molecule has 2 aliphatic heterocycles. The SMILES string of the molecule is CCNC(=NCc1cn(C)nc1C(F)(F)F)N1CCC(N2CCCC2)C1.I. The Morgan fingerprint density at radius 1 is 1.30 bits per heavy atom. The molecule has 27 heavy (non-hydrogen) atoms. The highest BCUT2D eigenvalue weighted by molar-refractivity contribution is 14.0. The summed E-state index contributed by atoms with van der Waals surface area (Å²) >= 11 is 0. The second-order valence-electron chi connectivity index (χ2n) is 6.98. The third-order valence-electron chi connectivity index (χ3n) is 5.03. The zero-order valence-electron chi connectivity index (χ0n) is 15.8. The minimum Gasteiger partial charge on any atom is -0.357 e. The zero-order valence-corrected chi connectivity index (χ0v) is 18.1. The standard InChI is InChI=1S/C17H27F3N6.HI/c1-3-21-16(26-9-6-14(12-26)25-7-4-5-8-25)22-10-13-11-24(2)23-15(13)17(18,19)20;/h11,14H,3-10,12H2,1-2H3,(H,21,22);1H. The number of guanidine groups is 1. The molecule has 3 heterocycles. The Kier molecular flexibility index (Phi) is 7.78. The maximum absolute atomic E-state index is 13.1. The predicted molar refractivity (Wildman–Crippen MR) is 109 cm³/mol. The van der Waals surface area contributed by atoms with Gasteiger partial charge in [0.1, 0.15) is 0 Å². The van der Waals surface area contributed by atoms with E-state index in [4.69, 9.17) is 0 Å². The smallest absolute Gasteiger partial charge is 0.357 e. The first-order chi connectivity index (χ1) is 12.4. The number of aromatic nitrogens is 2. The van der Waals surface area contributed by atoms with Crippen LogP contribution in [0.2, 0.25) is 0 Å². The second kappa shape index (κ2) is 9.44. The number of nitrogens with zero attached hydrogens (tertiary/aromatic N) is 5. The second-order valence-corrected chi connectivity index (χ2v) is 6.98. The molecule has 2 fully saturated rings. The number of likely N-dealkylation sites (tertiary alicyclic amines) is 2. The summed E-state index contributed by atoms with van der Waals surface area (Å²) < 4.78 is 40.5. The molecule has 3 rings (SSSR count). The van der Waals surface area contributed by atoms with E-state index in [0.29, 0.717) is 18.5 Å². The molecule has 0 amide bonds. The normalized spacial score (nSPS) is 21.6. The van der Waals surface area contributed by atoms with E-state index in [2.05, 4.69) is 25.2 Å². The van der Waals surface area contributed by atoms with Crippen molar-refractivity contribution in [2.24, 2.45) is 12.0 Å². The molecule has 0 bridgehead atoms. The molecule has 1 atom stereocenters. The summed E-state index contributed by atoms with van der Waals surface area (Å²) in [5, 5.41) is 6.77. The number of aryl methyl sites for hydroxylation is 1. The van der Waals surface area contributed by atoms with Crippen LogP contribution >= 0.6 is 24.0 Å². The Labute approximate surface area is 175 Å². The molecule has 2 aliphatic rings. The maximum atomic E-state index is 13.1. The van der Waals surface area contributed by atoms with Crippen LogP contribution in [-0.4, -0.2) is 64.3 Å². The minimum absolute atomic E-state index is 0. The van der Waals surface area contributed by atoms with E-state index in [-0.39, 0.29) is 36.1 Å². The summed E-state index contributed by atoms with van der Waals surface area (Å²) in [6.45, 7) is 6.68. The molecule has 1 N–H and O–H groups in total. The van der Waals surface area contributed by atoms with E-state index < -0.39 is 11.9 Å². The summed E-state index contributed by atoms with van der Waals surface area (Å²) in [5.74, 6) is 0.686. The van der Waals surface area contributed by atoms with Crippen molar-refractivity contribution >= 4 is 29.9 Å². The predicted octanol–water partition coefficient (Wildman–Crippen LogP) is 2.69. The van der Waals surface area contributed by atoms with Crippen molar-refractivity contribution in [3.8, 4) is 0 Å². The van der Waals surface area contributed by atoms with E-state index in [1.807, 2.05) is 6.92 Å². The monoisotopic (exact) mass is 500 g/mol.